The molecule has 0 bridgehead atoms. The quantitative estimate of drug-likeness (QED) is 0.875. The lowest BCUT2D eigenvalue weighted by atomic mass is 10.2. The number of aryl methyl sites for hydroxylation is 1. The van der Waals surface area contributed by atoms with Crippen LogP contribution in [0.25, 0.3) is 0 Å². The average Bonchev–Trinajstić information content (AvgIpc) is 2.88. The highest BCUT2D eigenvalue weighted by atomic mass is 35.5. The SMILES string of the molecule is CCC(Oc1cccc(C)c1)C(=O)NC1CCNC1.Cl. The summed E-state index contributed by atoms with van der Waals surface area (Å²) in [5, 5.41) is 6.27. The predicted octanol–water partition coefficient (Wildman–Crippen LogP) is 2.05. The van der Waals surface area contributed by atoms with Gasteiger partial charge in [-0.2, -0.15) is 0 Å². The molecule has 2 N–H and O–H groups in total. The maximum absolute atomic E-state index is 12.2. The molecule has 2 atom stereocenters. The Kier molecular flexibility index (Phi) is 6.82. The molecule has 1 aromatic carbocycles. The van der Waals surface area contributed by atoms with Crippen molar-refractivity contribution in [2.45, 2.75) is 38.8 Å². The lowest BCUT2D eigenvalue weighted by Crippen LogP contribution is -2.44. The Hall–Kier alpha value is -1.26. The molecule has 5 heteroatoms. The van der Waals surface area contributed by atoms with E-state index in [0.29, 0.717) is 6.42 Å². The Bertz CT molecular complexity index is 434. The van der Waals surface area contributed by atoms with Gasteiger partial charge in [0.25, 0.3) is 5.91 Å². The molecular weight excluding hydrogens is 276 g/mol. The van der Waals surface area contributed by atoms with Crippen molar-refractivity contribution in [2.75, 3.05) is 13.1 Å². The molecule has 112 valence electrons. The molecule has 0 spiro atoms. The Morgan fingerprint density at radius 3 is 2.95 bits per heavy atom. The van der Waals surface area contributed by atoms with Gasteiger partial charge in [0.05, 0.1) is 0 Å². The van der Waals surface area contributed by atoms with Gasteiger partial charge < -0.3 is 15.4 Å². The van der Waals surface area contributed by atoms with Crippen molar-refractivity contribution in [2.24, 2.45) is 0 Å². The summed E-state index contributed by atoms with van der Waals surface area (Å²) < 4.78 is 5.78. The molecule has 0 saturated carbocycles. The van der Waals surface area contributed by atoms with E-state index < -0.39 is 6.10 Å². The number of carbonyl (C=O) groups excluding carboxylic acids is 1. The van der Waals surface area contributed by atoms with E-state index in [1.165, 1.54) is 0 Å². The van der Waals surface area contributed by atoms with Gasteiger partial charge in [0.15, 0.2) is 6.10 Å². The topological polar surface area (TPSA) is 50.4 Å². The van der Waals surface area contributed by atoms with Crippen molar-refractivity contribution in [3.63, 3.8) is 0 Å². The predicted molar refractivity (Wildman–Crippen MR) is 82.6 cm³/mol. The van der Waals surface area contributed by atoms with Crippen molar-refractivity contribution in [3.8, 4) is 5.75 Å². The molecule has 0 aromatic heterocycles. The molecule has 4 nitrogen and oxygen atoms in total. The molecule has 0 aliphatic carbocycles. The van der Waals surface area contributed by atoms with E-state index in [9.17, 15) is 4.79 Å². The number of nitrogens with one attached hydrogen (secondary N) is 2. The molecule has 2 unspecified atom stereocenters. The zero-order chi connectivity index (χ0) is 13.7. The van der Waals surface area contributed by atoms with E-state index >= 15 is 0 Å². The third-order valence-corrected chi connectivity index (χ3v) is 3.34. The summed E-state index contributed by atoms with van der Waals surface area (Å²) in [6.45, 7) is 5.80. The van der Waals surface area contributed by atoms with Gasteiger partial charge in [-0.1, -0.05) is 19.1 Å². The van der Waals surface area contributed by atoms with Crippen LogP contribution in [0.5, 0.6) is 5.75 Å². The maximum Gasteiger partial charge on any atom is 0.261 e. The first-order valence-electron chi connectivity index (χ1n) is 6.93. The van der Waals surface area contributed by atoms with Crippen LogP contribution in [-0.2, 0) is 4.79 Å². The first-order chi connectivity index (χ1) is 9.19. The van der Waals surface area contributed by atoms with Crippen LogP contribution in [0.3, 0.4) is 0 Å². The average molecular weight is 299 g/mol. The molecule has 1 fully saturated rings. The molecule has 1 aliphatic heterocycles. The van der Waals surface area contributed by atoms with Gasteiger partial charge in [0.1, 0.15) is 5.75 Å². The van der Waals surface area contributed by atoms with E-state index in [1.807, 2.05) is 38.1 Å². The number of rotatable bonds is 5. The van der Waals surface area contributed by atoms with Crippen LogP contribution in [0.4, 0.5) is 0 Å². The van der Waals surface area contributed by atoms with Crippen LogP contribution in [0.2, 0.25) is 0 Å². The van der Waals surface area contributed by atoms with Crippen LogP contribution in [-0.4, -0.2) is 31.1 Å². The third-order valence-electron chi connectivity index (χ3n) is 3.34. The Labute approximate surface area is 126 Å². The van der Waals surface area contributed by atoms with Crippen LogP contribution >= 0.6 is 12.4 Å². The van der Waals surface area contributed by atoms with Gasteiger partial charge >= 0.3 is 0 Å². The minimum absolute atomic E-state index is 0. The molecule has 20 heavy (non-hydrogen) atoms. The summed E-state index contributed by atoms with van der Waals surface area (Å²) in [7, 11) is 0. The molecule has 0 radical (unpaired) electrons. The lowest BCUT2D eigenvalue weighted by molar-refractivity contribution is -0.128. The lowest BCUT2D eigenvalue weighted by Gasteiger charge is -2.20. The largest absolute Gasteiger partial charge is 0.481 e. The molecule has 2 rings (SSSR count). The van der Waals surface area contributed by atoms with Crippen molar-refractivity contribution in [3.05, 3.63) is 29.8 Å². The highest BCUT2D eigenvalue weighted by Crippen LogP contribution is 2.15. The molecule has 1 heterocycles. The first-order valence-corrected chi connectivity index (χ1v) is 6.93. The normalized spacial score (nSPS) is 19.0. The van der Waals surface area contributed by atoms with E-state index in [2.05, 4.69) is 10.6 Å². The second kappa shape index (κ2) is 8.12. The van der Waals surface area contributed by atoms with Crippen LogP contribution in [0.15, 0.2) is 24.3 Å². The van der Waals surface area contributed by atoms with E-state index in [4.69, 9.17) is 4.74 Å². The highest BCUT2D eigenvalue weighted by molar-refractivity contribution is 5.85. The minimum Gasteiger partial charge on any atom is -0.481 e. The first kappa shape index (κ1) is 16.8. The highest BCUT2D eigenvalue weighted by Gasteiger charge is 2.23. The number of halogens is 1. The second-order valence-electron chi connectivity index (χ2n) is 5.03. The van der Waals surface area contributed by atoms with Crippen molar-refractivity contribution >= 4 is 18.3 Å². The smallest absolute Gasteiger partial charge is 0.261 e. The van der Waals surface area contributed by atoms with Crippen LogP contribution < -0.4 is 15.4 Å². The Balaban J connectivity index is 0.00000200. The number of benzene rings is 1. The van der Waals surface area contributed by atoms with E-state index in [-0.39, 0.29) is 24.4 Å². The summed E-state index contributed by atoms with van der Waals surface area (Å²) in [6.07, 6.45) is 1.24. The second-order valence-corrected chi connectivity index (χ2v) is 5.03. The standard InChI is InChI=1S/C15H22N2O2.ClH/c1-3-14(15(18)17-12-7-8-16-10-12)19-13-6-4-5-11(2)9-13;/h4-6,9,12,14,16H,3,7-8,10H2,1-2H3,(H,17,18);1H. The van der Waals surface area contributed by atoms with Gasteiger partial charge in [-0.25, -0.2) is 0 Å². The minimum atomic E-state index is -0.414. The van der Waals surface area contributed by atoms with Gasteiger partial charge in [0, 0.05) is 12.6 Å². The molecule has 1 aromatic rings. The summed E-state index contributed by atoms with van der Waals surface area (Å²) in [6, 6.07) is 8.03. The van der Waals surface area contributed by atoms with E-state index in [1.54, 1.807) is 0 Å². The van der Waals surface area contributed by atoms with Crippen molar-refractivity contribution in [1.29, 1.82) is 0 Å². The maximum atomic E-state index is 12.2. The molecular formula is C15H23ClN2O2. The monoisotopic (exact) mass is 298 g/mol. The van der Waals surface area contributed by atoms with Gasteiger partial charge in [-0.3, -0.25) is 4.79 Å². The molecule has 1 aliphatic rings. The molecule has 1 saturated heterocycles. The fourth-order valence-electron chi connectivity index (χ4n) is 2.25. The van der Waals surface area contributed by atoms with Gasteiger partial charge in [-0.15, -0.1) is 12.4 Å². The fourth-order valence-corrected chi connectivity index (χ4v) is 2.25. The summed E-state index contributed by atoms with van der Waals surface area (Å²) in [5.41, 5.74) is 1.13. The van der Waals surface area contributed by atoms with Crippen LogP contribution in [0, 0.1) is 6.92 Å². The number of hydrogen-bond donors (Lipinski definition) is 2. The summed E-state index contributed by atoms with van der Waals surface area (Å²) >= 11 is 0. The zero-order valence-corrected chi connectivity index (χ0v) is 12.8. The molecule has 1 amide bonds. The number of amides is 1. The van der Waals surface area contributed by atoms with Gasteiger partial charge in [0.2, 0.25) is 0 Å². The number of carbonyl (C=O) groups is 1. The third kappa shape index (κ3) is 4.69. The Morgan fingerprint density at radius 2 is 2.35 bits per heavy atom. The Morgan fingerprint density at radius 1 is 1.55 bits per heavy atom. The van der Waals surface area contributed by atoms with E-state index in [0.717, 1.165) is 30.8 Å². The fraction of sp³-hybridized carbons (Fsp3) is 0.533. The number of hydrogen-bond acceptors (Lipinski definition) is 3. The zero-order valence-electron chi connectivity index (χ0n) is 12.0. The van der Waals surface area contributed by atoms with Gasteiger partial charge in [-0.05, 0) is 44.0 Å². The number of ether oxygens (including phenoxy) is 1. The summed E-state index contributed by atoms with van der Waals surface area (Å²) in [4.78, 5) is 12.2. The van der Waals surface area contributed by atoms with Crippen molar-refractivity contribution in [1.82, 2.24) is 10.6 Å². The van der Waals surface area contributed by atoms with Crippen LogP contribution in [0.1, 0.15) is 25.3 Å². The summed E-state index contributed by atoms with van der Waals surface area (Å²) in [5.74, 6) is 0.740. The van der Waals surface area contributed by atoms with Crippen molar-refractivity contribution < 1.29 is 9.53 Å².